The molecule has 1 aromatic heterocycles. The molecule has 1 heterocycles. The number of pyridine rings is 1. The average molecular weight is 277 g/mol. The van der Waals surface area contributed by atoms with Crippen LogP contribution in [0.2, 0.25) is 0 Å². The molecule has 2 rings (SSSR count). The number of nitrogens with zero attached hydrogens (tertiary/aromatic N) is 2. The van der Waals surface area contributed by atoms with Crippen molar-refractivity contribution in [3.05, 3.63) is 23.9 Å². The molecule has 0 radical (unpaired) electrons. The van der Waals surface area contributed by atoms with Crippen LogP contribution < -0.4 is 10.5 Å². The highest BCUT2D eigenvalue weighted by Gasteiger charge is 2.33. The first-order valence-corrected chi connectivity index (χ1v) is 7.15. The van der Waals surface area contributed by atoms with E-state index >= 15 is 0 Å². The average Bonchev–Trinajstić information content (AvgIpc) is 3.19. The Morgan fingerprint density at radius 1 is 1.50 bits per heavy atom. The summed E-state index contributed by atoms with van der Waals surface area (Å²) in [4.78, 5) is 18.2. The van der Waals surface area contributed by atoms with Crippen LogP contribution in [-0.4, -0.2) is 34.0 Å². The second-order valence-electron chi connectivity index (χ2n) is 5.65. The Morgan fingerprint density at radius 3 is 2.75 bits per heavy atom. The molecule has 110 valence electrons. The van der Waals surface area contributed by atoms with Gasteiger partial charge < -0.3 is 15.4 Å². The number of rotatable bonds is 6. The van der Waals surface area contributed by atoms with Gasteiger partial charge in [0.05, 0.1) is 12.1 Å². The van der Waals surface area contributed by atoms with E-state index in [1.807, 2.05) is 30.9 Å². The van der Waals surface area contributed by atoms with Crippen molar-refractivity contribution in [3.63, 3.8) is 0 Å². The zero-order valence-corrected chi connectivity index (χ0v) is 12.4. The minimum Gasteiger partial charge on any atom is -0.475 e. The van der Waals surface area contributed by atoms with Gasteiger partial charge in [-0.15, -0.1) is 0 Å². The molecular formula is C15H23N3O2. The topological polar surface area (TPSA) is 68.5 Å². The Hall–Kier alpha value is -1.62. The van der Waals surface area contributed by atoms with Gasteiger partial charge in [0.1, 0.15) is 0 Å². The summed E-state index contributed by atoms with van der Waals surface area (Å²) in [6.07, 6.45) is 3.94. The first kappa shape index (κ1) is 14.8. The van der Waals surface area contributed by atoms with E-state index in [1.54, 1.807) is 13.1 Å². The lowest BCUT2D eigenvalue weighted by Crippen LogP contribution is -2.42. The maximum Gasteiger partial charge on any atom is 0.239 e. The summed E-state index contributed by atoms with van der Waals surface area (Å²) in [6.45, 7) is 6.23. The number of ether oxygens (including phenoxy) is 1. The normalized spacial score (nSPS) is 16.1. The highest BCUT2D eigenvalue weighted by molar-refractivity contribution is 5.81. The molecular weight excluding hydrogens is 254 g/mol. The molecule has 2 N–H and O–H groups in total. The van der Waals surface area contributed by atoms with Crippen LogP contribution in [0.3, 0.4) is 0 Å². The lowest BCUT2D eigenvalue weighted by atomic mass is 10.2. The number of carbonyl (C=O) groups is 1. The number of hydrogen-bond donors (Lipinski definition) is 1. The Morgan fingerprint density at radius 2 is 2.20 bits per heavy atom. The Balaban J connectivity index is 2.08. The van der Waals surface area contributed by atoms with E-state index in [2.05, 4.69) is 4.98 Å². The molecule has 0 bridgehead atoms. The van der Waals surface area contributed by atoms with Gasteiger partial charge in [-0.1, -0.05) is 0 Å². The van der Waals surface area contributed by atoms with Gasteiger partial charge in [0.25, 0.3) is 0 Å². The van der Waals surface area contributed by atoms with Crippen molar-refractivity contribution in [3.8, 4) is 5.88 Å². The van der Waals surface area contributed by atoms with Crippen molar-refractivity contribution in [1.82, 2.24) is 9.88 Å². The van der Waals surface area contributed by atoms with Crippen LogP contribution in [0.4, 0.5) is 0 Å². The number of carbonyl (C=O) groups excluding carboxylic acids is 1. The number of amides is 1. The van der Waals surface area contributed by atoms with E-state index in [4.69, 9.17) is 10.5 Å². The number of aromatic nitrogens is 1. The molecule has 20 heavy (non-hydrogen) atoms. The van der Waals surface area contributed by atoms with Crippen molar-refractivity contribution >= 4 is 5.91 Å². The van der Waals surface area contributed by atoms with Crippen LogP contribution in [0, 0.1) is 0 Å². The van der Waals surface area contributed by atoms with Crippen LogP contribution in [0.5, 0.6) is 5.88 Å². The Labute approximate surface area is 120 Å². The van der Waals surface area contributed by atoms with E-state index < -0.39 is 6.04 Å². The fourth-order valence-electron chi connectivity index (χ4n) is 2.09. The van der Waals surface area contributed by atoms with Crippen LogP contribution in [0.1, 0.15) is 39.2 Å². The predicted octanol–water partition coefficient (Wildman–Crippen LogP) is 1.71. The van der Waals surface area contributed by atoms with Crippen molar-refractivity contribution in [2.45, 2.75) is 58.3 Å². The molecule has 1 aliphatic rings. The maximum absolute atomic E-state index is 12.1. The monoisotopic (exact) mass is 277 g/mol. The highest BCUT2D eigenvalue weighted by atomic mass is 16.5. The number of hydrogen-bond acceptors (Lipinski definition) is 4. The van der Waals surface area contributed by atoms with Gasteiger partial charge >= 0.3 is 0 Å². The first-order valence-electron chi connectivity index (χ1n) is 7.15. The summed E-state index contributed by atoms with van der Waals surface area (Å²) in [6, 6.07) is 3.70. The van der Waals surface area contributed by atoms with Gasteiger partial charge in [0.2, 0.25) is 11.8 Å². The largest absolute Gasteiger partial charge is 0.475 e. The molecule has 5 nitrogen and oxygen atoms in total. The quantitative estimate of drug-likeness (QED) is 0.859. The van der Waals surface area contributed by atoms with Gasteiger partial charge in [-0.3, -0.25) is 4.79 Å². The second kappa shape index (κ2) is 6.22. The van der Waals surface area contributed by atoms with Gasteiger partial charge in [0.15, 0.2) is 0 Å². The molecule has 1 saturated carbocycles. The van der Waals surface area contributed by atoms with Crippen molar-refractivity contribution in [1.29, 1.82) is 0 Å². The molecule has 1 unspecified atom stereocenters. The van der Waals surface area contributed by atoms with E-state index in [0.717, 1.165) is 18.4 Å². The SMILES string of the molecule is CC(C)Oc1cc(CN(C(=O)C(C)N)C2CC2)ccn1. The summed E-state index contributed by atoms with van der Waals surface area (Å²) >= 11 is 0. The third-order valence-corrected chi connectivity index (χ3v) is 3.17. The van der Waals surface area contributed by atoms with Gasteiger partial charge in [-0.05, 0) is 45.2 Å². The fourth-order valence-corrected chi connectivity index (χ4v) is 2.09. The van der Waals surface area contributed by atoms with Crippen molar-refractivity contribution < 1.29 is 9.53 Å². The molecule has 0 spiro atoms. The fraction of sp³-hybridized carbons (Fsp3) is 0.600. The molecule has 1 fully saturated rings. The summed E-state index contributed by atoms with van der Waals surface area (Å²) in [5.41, 5.74) is 6.75. The number of nitrogens with two attached hydrogens (primary N) is 1. The third kappa shape index (κ3) is 3.93. The van der Waals surface area contributed by atoms with E-state index in [-0.39, 0.29) is 12.0 Å². The van der Waals surface area contributed by atoms with Crippen LogP contribution in [0.15, 0.2) is 18.3 Å². The third-order valence-electron chi connectivity index (χ3n) is 3.17. The van der Waals surface area contributed by atoms with E-state index in [1.165, 1.54) is 0 Å². The summed E-state index contributed by atoms with van der Waals surface area (Å²) < 4.78 is 5.58. The van der Waals surface area contributed by atoms with E-state index in [0.29, 0.717) is 18.5 Å². The first-order chi connectivity index (χ1) is 9.47. The molecule has 1 aromatic rings. The molecule has 0 aromatic carbocycles. The minimum absolute atomic E-state index is 0.00985. The molecule has 0 aliphatic heterocycles. The van der Waals surface area contributed by atoms with Crippen molar-refractivity contribution in [2.75, 3.05) is 0 Å². The van der Waals surface area contributed by atoms with Crippen LogP contribution in [0.25, 0.3) is 0 Å². The zero-order valence-electron chi connectivity index (χ0n) is 12.4. The molecule has 1 atom stereocenters. The highest BCUT2D eigenvalue weighted by Crippen LogP contribution is 2.29. The molecule has 0 saturated heterocycles. The summed E-state index contributed by atoms with van der Waals surface area (Å²) in [5, 5.41) is 0. The standard InChI is InChI=1S/C15H23N3O2/c1-10(2)20-14-8-12(6-7-17-14)9-18(13-4-5-13)15(19)11(3)16/h6-8,10-11,13H,4-5,9,16H2,1-3H3. The van der Waals surface area contributed by atoms with E-state index in [9.17, 15) is 4.79 Å². The smallest absolute Gasteiger partial charge is 0.239 e. The predicted molar refractivity (Wildman–Crippen MR) is 77.2 cm³/mol. The Bertz CT molecular complexity index is 470. The zero-order chi connectivity index (χ0) is 14.7. The molecule has 1 amide bonds. The van der Waals surface area contributed by atoms with Crippen molar-refractivity contribution in [2.24, 2.45) is 5.73 Å². The summed E-state index contributed by atoms with van der Waals surface area (Å²) in [7, 11) is 0. The second-order valence-corrected chi connectivity index (χ2v) is 5.65. The van der Waals surface area contributed by atoms with Gasteiger partial charge in [0, 0.05) is 24.8 Å². The molecule has 5 heteroatoms. The maximum atomic E-state index is 12.1. The Kier molecular flexibility index (Phi) is 4.60. The van der Waals surface area contributed by atoms with Gasteiger partial charge in [-0.25, -0.2) is 4.98 Å². The minimum atomic E-state index is -0.455. The lowest BCUT2D eigenvalue weighted by molar-refractivity contribution is -0.133. The summed E-state index contributed by atoms with van der Waals surface area (Å²) in [5.74, 6) is 0.608. The lowest BCUT2D eigenvalue weighted by Gasteiger charge is -2.24. The van der Waals surface area contributed by atoms with Gasteiger partial charge in [-0.2, -0.15) is 0 Å². The van der Waals surface area contributed by atoms with Crippen LogP contribution >= 0.6 is 0 Å². The van der Waals surface area contributed by atoms with Crippen LogP contribution in [-0.2, 0) is 11.3 Å². The molecule has 1 aliphatic carbocycles.